The number of fused-ring (bicyclic) bond motifs is 2. The minimum atomic E-state index is 0.107. The molecule has 3 aliphatic rings. The maximum atomic E-state index is 13.1. The van der Waals surface area contributed by atoms with Gasteiger partial charge in [-0.1, -0.05) is 30.3 Å². The van der Waals surface area contributed by atoms with Crippen LogP contribution in [0.2, 0.25) is 0 Å². The van der Waals surface area contributed by atoms with Crippen LogP contribution in [0.25, 0.3) is 0 Å². The average Bonchev–Trinajstić information content (AvgIpc) is 3.43. The molecule has 5 rings (SSSR count). The van der Waals surface area contributed by atoms with E-state index in [0.29, 0.717) is 18.2 Å². The molecule has 3 heterocycles. The number of thiophene rings is 1. The van der Waals surface area contributed by atoms with E-state index in [1.54, 1.807) is 0 Å². The number of carbonyl (C=O) groups is 2. The number of nitrogens with zero attached hydrogens (tertiary/aromatic N) is 3. The summed E-state index contributed by atoms with van der Waals surface area (Å²) < 4.78 is 0. The summed E-state index contributed by atoms with van der Waals surface area (Å²) in [5.41, 5.74) is 2.90. The lowest BCUT2D eigenvalue weighted by molar-refractivity contribution is -0.133. The van der Waals surface area contributed by atoms with E-state index in [0.717, 1.165) is 63.4 Å². The molecule has 0 unspecified atom stereocenters. The van der Waals surface area contributed by atoms with Gasteiger partial charge >= 0.3 is 0 Å². The molecular formula is C25H31N3O2S. The summed E-state index contributed by atoms with van der Waals surface area (Å²) in [5.74, 6) is 0.760. The van der Waals surface area contributed by atoms with Crippen LogP contribution in [0.5, 0.6) is 0 Å². The van der Waals surface area contributed by atoms with Gasteiger partial charge < -0.3 is 14.7 Å². The van der Waals surface area contributed by atoms with Crippen molar-refractivity contribution >= 4 is 23.2 Å². The molecule has 1 aromatic carbocycles. The third-order valence-corrected chi connectivity index (χ3v) is 8.48. The van der Waals surface area contributed by atoms with Crippen molar-refractivity contribution in [2.24, 2.45) is 0 Å². The standard InChI is InChI=1S/C25H31N3O2S/c1-26-12-14-27(15-13-26)23(29)17-19-18-25(21-6-3-2-5-20(19)21)8-10-28(11-9-25)24(30)22-7-4-16-31-22/h2-7,16,19H,8-15,17-18H2,1H3/t19-/m0/s1. The SMILES string of the molecule is CN1CCN(C(=O)C[C@H]2CC3(CCN(C(=O)c4cccs4)CC3)c3ccccc32)CC1. The molecule has 2 fully saturated rings. The monoisotopic (exact) mass is 437 g/mol. The zero-order valence-corrected chi connectivity index (χ0v) is 19.1. The van der Waals surface area contributed by atoms with E-state index in [-0.39, 0.29) is 11.3 Å². The summed E-state index contributed by atoms with van der Waals surface area (Å²) in [6.45, 7) is 5.20. The lowest BCUT2D eigenvalue weighted by Crippen LogP contribution is -2.47. The fraction of sp³-hybridized carbons (Fsp3) is 0.520. The molecule has 0 radical (unpaired) electrons. The van der Waals surface area contributed by atoms with Crippen molar-refractivity contribution in [3.8, 4) is 0 Å². The summed E-state index contributed by atoms with van der Waals surface area (Å²) in [6, 6.07) is 12.6. The fourth-order valence-electron chi connectivity index (χ4n) is 5.77. The first kappa shape index (κ1) is 20.7. The number of hydrogen-bond acceptors (Lipinski definition) is 4. The van der Waals surface area contributed by atoms with Crippen molar-refractivity contribution in [2.75, 3.05) is 46.3 Å². The van der Waals surface area contributed by atoms with Crippen molar-refractivity contribution in [3.05, 3.63) is 57.8 Å². The van der Waals surface area contributed by atoms with Crippen LogP contribution in [-0.4, -0.2) is 72.8 Å². The van der Waals surface area contributed by atoms with E-state index in [9.17, 15) is 9.59 Å². The van der Waals surface area contributed by atoms with Crippen molar-refractivity contribution in [1.82, 2.24) is 14.7 Å². The van der Waals surface area contributed by atoms with Crippen LogP contribution in [0.1, 0.15) is 52.4 Å². The second-order valence-electron chi connectivity index (χ2n) is 9.43. The number of rotatable bonds is 3. The van der Waals surface area contributed by atoms with E-state index >= 15 is 0 Å². The summed E-state index contributed by atoms with van der Waals surface area (Å²) in [6.07, 6.45) is 3.62. The van der Waals surface area contributed by atoms with E-state index in [2.05, 4.69) is 41.1 Å². The summed E-state index contributed by atoms with van der Waals surface area (Å²) >= 11 is 1.52. The maximum Gasteiger partial charge on any atom is 0.263 e. The highest BCUT2D eigenvalue weighted by molar-refractivity contribution is 7.12. The summed E-state index contributed by atoms with van der Waals surface area (Å²) in [5, 5.41) is 1.97. The smallest absolute Gasteiger partial charge is 0.263 e. The summed E-state index contributed by atoms with van der Waals surface area (Å²) in [7, 11) is 2.12. The number of likely N-dealkylation sites (tertiary alicyclic amines) is 1. The first-order chi connectivity index (χ1) is 15.1. The Morgan fingerprint density at radius 1 is 0.968 bits per heavy atom. The Labute approximate surface area is 188 Å². The number of piperazine rings is 1. The molecule has 31 heavy (non-hydrogen) atoms. The molecule has 2 aromatic rings. The zero-order valence-electron chi connectivity index (χ0n) is 18.3. The van der Waals surface area contributed by atoms with Gasteiger partial charge in [0, 0.05) is 45.7 Å². The van der Waals surface area contributed by atoms with E-state index < -0.39 is 0 Å². The quantitative estimate of drug-likeness (QED) is 0.737. The average molecular weight is 438 g/mol. The molecule has 2 aliphatic heterocycles. The van der Waals surface area contributed by atoms with Gasteiger partial charge in [-0.15, -0.1) is 11.3 Å². The van der Waals surface area contributed by atoms with Crippen LogP contribution in [0.3, 0.4) is 0 Å². The van der Waals surface area contributed by atoms with Crippen LogP contribution in [-0.2, 0) is 10.2 Å². The van der Waals surface area contributed by atoms with Gasteiger partial charge in [-0.2, -0.15) is 0 Å². The topological polar surface area (TPSA) is 43.9 Å². The minimum Gasteiger partial charge on any atom is -0.340 e. The zero-order chi connectivity index (χ0) is 21.4. The second kappa shape index (κ2) is 8.40. The Hall–Kier alpha value is -2.18. The van der Waals surface area contributed by atoms with Gasteiger partial charge in [0.2, 0.25) is 5.91 Å². The predicted octanol–water partition coefficient (Wildman–Crippen LogP) is 3.57. The van der Waals surface area contributed by atoms with Gasteiger partial charge in [0.1, 0.15) is 0 Å². The second-order valence-corrected chi connectivity index (χ2v) is 10.4. The van der Waals surface area contributed by atoms with Gasteiger partial charge in [0.05, 0.1) is 4.88 Å². The molecule has 2 amide bonds. The van der Waals surface area contributed by atoms with Gasteiger partial charge in [-0.05, 0) is 60.2 Å². The van der Waals surface area contributed by atoms with Crippen molar-refractivity contribution in [1.29, 1.82) is 0 Å². The van der Waals surface area contributed by atoms with Crippen molar-refractivity contribution in [2.45, 2.75) is 37.0 Å². The number of carbonyl (C=O) groups excluding carboxylic acids is 2. The molecule has 0 saturated carbocycles. The summed E-state index contributed by atoms with van der Waals surface area (Å²) in [4.78, 5) is 33.1. The molecule has 2 saturated heterocycles. The van der Waals surface area contributed by atoms with Gasteiger partial charge in [0.25, 0.3) is 5.91 Å². The molecular weight excluding hydrogens is 406 g/mol. The number of hydrogen-bond donors (Lipinski definition) is 0. The van der Waals surface area contributed by atoms with Crippen LogP contribution < -0.4 is 0 Å². The number of piperidine rings is 1. The van der Waals surface area contributed by atoms with Crippen LogP contribution in [0.15, 0.2) is 41.8 Å². The van der Waals surface area contributed by atoms with Crippen molar-refractivity contribution < 1.29 is 9.59 Å². The molecule has 6 heteroatoms. The number of likely N-dealkylation sites (N-methyl/N-ethyl adjacent to an activating group) is 1. The first-order valence-electron chi connectivity index (χ1n) is 11.4. The van der Waals surface area contributed by atoms with Gasteiger partial charge in [-0.3, -0.25) is 9.59 Å². The first-order valence-corrected chi connectivity index (χ1v) is 12.3. The lowest BCUT2D eigenvalue weighted by atomic mass is 9.73. The van der Waals surface area contributed by atoms with Crippen LogP contribution >= 0.6 is 11.3 Å². The van der Waals surface area contributed by atoms with E-state index in [1.807, 2.05) is 22.4 Å². The Kier molecular flexibility index (Phi) is 5.61. The number of amides is 2. The molecule has 0 bridgehead atoms. The maximum absolute atomic E-state index is 13.1. The Bertz CT molecular complexity index is 941. The third-order valence-electron chi connectivity index (χ3n) is 7.63. The van der Waals surface area contributed by atoms with Gasteiger partial charge in [-0.25, -0.2) is 0 Å². The van der Waals surface area contributed by atoms with Crippen LogP contribution in [0, 0.1) is 0 Å². The largest absolute Gasteiger partial charge is 0.340 e. The Morgan fingerprint density at radius 3 is 2.42 bits per heavy atom. The molecule has 0 N–H and O–H groups in total. The highest BCUT2D eigenvalue weighted by Crippen LogP contribution is 2.52. The normalized spacial score (nSPS) is 23.2. The predicted molar refractivity (Wildman–Crippen MR) is 124 cm³/mol. The van der Waals surface area contributed by atoms with E-state index in [1.165, 1.54) is 22.5 Å². The highest BCUT2D eigenvalue weighted by Gasteiger charge is 2.46. The molecule has 164 valence electrons. The van der Waals surface area contributed by atoms with Crippen molar-refractivity contribution in [3.63, 3.8) is 0 Å². The Morgan fingerprint density at radius 2 is 1.71 bits per heavy atom. The fourth-order valence-corrected chi connectivity index (χ4v) is 6.46. The molecule has 1 atom stereocenters. The minimum absolute atomic E-state index is 0.107. The Balaban J connectivity index is 1.29. The molecule has 1 aromatic heterocycles. The molecule has 1 aliphatic carbocycles. The number of benzene rings is 1. The van der Waals surface area contributed by atoms with Gasteiger partial charge in [0.15, 0.2) is 0 Å². The highest BCUT2D eigenvalue weighted by atomic mass is 32.1. The van der Waals surface area contributed by atoms with Crippen LogP contribution in [0.4, 0.5) is 0 Å². The molecule has 5 nitrogen and oxygen atoms in total. The molecule has 1 spiro atoms. The lowest BCUT2D eigenvalue weighted by Gasteiger charge is -2.40. The van der Waals surface area contributed by atoms with E-state index in [4.69, 9.17) is 0 Å². The third kappa shape index (κ3) is 3.92.